The Bertz CT molecular complexity index is 1060. The number of thiophene rings is 1. The molecule has 0 radical (unpaired) electrons. The van der Waals surface area contributed by atoms with Crippen LogP contribution in [0.15, 0.2) is 54.3 Å². The van der Waals surface area contributed by atoms with Crippen molar-refractivity contribution in [2.45, 2.75) is 38.3 Å². The minimum atomic E-state index is -0.217. The molecule has 32 heavy (non-hydrogen) atoms. The number of aromatic nitrogens is 3. The molecular formula is C24H27N5O2S. The molecule has 2 saturated heterocycles. The van der Waals surface area contributed by atoms with Crippen molar-refractivity contribution in [3.8, 4) is 0 Å². The normalized spacial score (nSPS) is 19.6. The molecule has 7 nitrogen and oxygen atoms in total. The Balaban J connectivity index is 1.16. The molecule has 2 aliphatic rings. The maximum absolute atomic E-state index is 13.1. The van der Waals surface area contributed by atoms with Crippen LogP contribution in [0, 0.1) is 5.92 Å². The molecular weight excluding hydrogens is 422 g/mol. The van der Waals surface area contributed by atoms with E-state index in [4.69, 9.17) is 0 Å². The molecule has 3 aromatic rings. The highest BCUT2D eigenvalue weighted by Crippen LogP contribution is 2.30. The van der Waals surface area contributed by atoms with Crippen LogP contribution in [-0.2, 0) is 22.7 Å². The Labute approximate surface area is 191 Å². The molecule has 8 heteroatoms. The molecule has 0 saturated carbocycles. The Morgan fingerprint density at radius 1 is 1.06 bits per heavy atom. The fourth-order valence-electron chi connectivity index (χ4n) is 4.78. The van der Waals surface area contributed by atoms with E-state index in [1.165, 1.54) is 0 Å². The molecule has 0 aromatic carbocycles. The Kier molecular flexibility index (Phi) is 6.03. The van der Waals surface area contributed by atoms with Gasteiger partial charge in [0.1, 0.15) is 5.82 Å². The van der Waals surface area contributed by atoms with Gasteiger partial charge in [-0.15, -0.1) is 11.3 Å². The van der Waals surface area contributed by atoms with E-state index in [2.05, 4.69) is 14.5 Å². The summed E-state index contributed by atoms with van der Waals surface area (Å²) in [6.45, 7) is 3.29. The molecule has 5 rings (SSSR count). The van der Waals surface area contributed by atoms with Gasteiger partial charge in [-0.25, -0.2) is 4.98 Å². The van der Waals surface area contributed by atoms with Crippen molar-refractivity contribution >= 4 is 23.2 Å². The summed E-state index contributed by atoms with van der Waals surface area (Å²) in [4.78, 5) is 39.5. The molecule has 3 aromatic heterocycles. The van der Waals surface area contributed by atoms with Gasteiger partial charge in [0.15, 0.2) is 0 Å². The van der Waals surface area contributed by atoms with Crippen LogP contribution in [0.4, 0.5) is 0 Å². The predicted molar refractivity (Wildman–Crippen MR) is 122 cm³/mol. The molecule has 5 heterocycles. The van der Waals surface area contributed by atoms with Crippen LogP contribution in [0.5, 0.6) is 0 Å². The van der Waals surface area contributed by atoms with Gasteiger partial charge in [-0.05, 0) is 36.4 Å². The maximum Gasteiger partial charge on any atom is 0.227 e. The second kappa shape index (κ2) is 9.24. The smallest absolute Gasteiger partial charge is 0.227 e. The standard InChI is InChI=1S/C24H27N5O2S/c30-22-14-19(15-29(22)17-21-5-3-13-32-21)24(31)27-10-6-18(7-11-27)23-26-9-12-28(23)16-20-4-1-2-8-25-20/h1-5,8-9,12-13,18-19H,6-7,10-11,14-17H2. The van der Waals surface area contributed by atoms with Crippen molar-refractivity contribution in [2.75, 3.05) is 19.6 Å². The maximum atomic E-state index is 13.1. The summed E-state index contributed by atoms with van der Waals surface area (Å²) in [5, 5.41) is 2.02. The molecule has 2 fully saturated rings. The average Bonchev–Trinajstić information content (AvgIpc) is 3.57. The van der Waals surface area contributed by atoms with Gasteiger partial charge in [-0.2, -0.15) is 0 Å². The highest BCUT2D eigenvalue weighted by atomic mass is 32.1. The fraction of sp³-hybridized carbons (Fsp3) is 0.417. The van der Waals surface area contributed by atoms with Crippen molar-refractivity contribution in [3.05, 3.63) is 70.7 Å². The molecule has 2 aliphatic heterocycles. The number of imidazole rings is 1. The van der Waals surface area contributed by atoms with E-state index in [9.17, 15) is 9.59 Å². The van der Waals surface area contributed by atoms with Crippen molar-refractivity contribution in [1.82, 2.24) is 24.3 Å². The summed E-state index contributed by atoms with van der Waals surface area (Å²) in [5.41, 5.74) is 1.01. The van der Waals surface area contributed by atoms with Gasteiger partial charge in [0.2, 0.25) is 11.8 Å². The topological polar surface area (TPSA) is 71.3 Å². The summed E-state index contributed by atoms with van der Waals surface area (Å²) in [5.74, 6) is 1.40. The van der Waals surface area contributed by atoms with Gasteiger partial charge in [-0.3, -0.25) is 14.6 Å². The average molecular weight is 450 g/mol. The van der Waals surface area contributed by atoms with Gasteiger partial charge in [-0.1, -0.05) is 12.1 Å². The van der Waals surface area contributed by atoms with Crippen LogP contribution in [0.2, 0.25) is 0 Å². The summed E-state index contributed by atoms with van der Waals surface area (Å²) < 4.78 is 2.17. The molecule has 1 unspecified atom stereocenters. The first kappa shape index (κ1) is 20.9. The number of hydrogen-bond donors (Lipinski definition) is 0. The van der Waals surface area contributed by atoms with Crippen molar-refractivity contribution in [1.29, 1.82) is 0 Å². The van der Waals surface area contributed by atoms with E-state index in [0.29, 0.717) is 32.0 Å². The number of nitrogens with zero attached hydrogens (tertiary/aromatic N) is 5. The summed E-state index contributed by atoms with van der Waals surface area (Å²) in [6.07, 6.45) is 7.79. The molecule has 0 N–H and O–H groups in total. The van der Waals surface area contributed by atoms with Crippen LogP contribution < -0.4 is 0 Å². The van der Waals surface area contributed by atoms with Gasteiger partial charge in [0, 0.05) is 55.4 Å². The molecule has 1 atom stereocenters. The zero-order chi connectivity index (χ0) is 21.9. The second-order valence-corrected chi connectivity index (χ2v) is 9.62. The van der Waals surface area contributed by atoms with E-state index in [1.54, 1.807) is 11.3 Å². The molecule has 166 valence electrons. The first-order valence-corrected chi connectivity index (χ1v) is 12.0. The predicted octanol–water partition coefficient (Wildman–Crippen LogP) is 3.14. The lowest BCUT2D eigenvalue weighted by Crippen LogP contribution is -2.42. The number of hydrogen-bond acceptors (Lipinski definition) is 5. The Morgan fingerprint density at radius 2 is 1.94 bits per heavy atom. The SMILES string of the molecule is O=C1CC(C(=O)N2CCC(c3nccn3Cc3ccccn3)CC2)CN1Cc1cccs1. The number of carbonyl (C=O) groups is 2. The van der Waals surface area contributed by atoms with Crippen LogP contribution in [0.25, 0.3) is 0 Å². The first-order chi connectivity index (χ1) is 15.7. The largest absolute Gasteiger partial charge is 0.342 e. The van der Waals surface area contributed by atoms with Crippen LogP contribution >= 0.6 is 11.3 Å². The van der Waals surface area contributed by atoms with Crippen LogP contribution in [0.3, 0.4) is 0 Å². The van der Waals surface area contributed by atoms with Crippen LogP contribution in [-0.4, -0.2) is 55.8 Å². The number of carbonyl (C=O) groups excluding carboxylic acids is 2. The first-order valence-electron chi connectivity index (χ1n) is 11.2. The Hall–Kier alpha value is -3.00. The lowest BCUT2D eigenvalue weighted by atomic mass is 9.94. The highest BCUT2D eigenvalue weighted by Gasteiger charge is 2.38. The molecule has 0 spiro atoms. The van der Waals surface area contributed by atoms with Crippen molar-refractivity contribution in [3.63, 3.8) is 0 Å². The van der Waals surface area contributed by atoms with E-state index < -0.39 is 0 Å². The second-order valence-electron chi connectivity index (χ2n) is 8.59. The molecule has 0 aliphatic carbocycles. The fourth-order valence-corrected chi connectivity index (χ4v) is 5.50. The monoisotopic (exact) mass is 449 g/mol. The number of likely N-dealkylation sites (tertiary alicyclic amines) is 2. The summed E-state index contributed by atoms with van der Waals surface area (Å²) in [7, 11) is 0. The minimum Gasteiger partial charge on any atom is -0.342 e. The van der Waals surface area contributed by atoms with Gasteiger partial charge >= 0.3 is 0 Å². The highest BCUT2D eigenvalue weighted by molar-refractivity contribution is 7.09. The third kappa shape index (κ3) is 4.46. The quantitative estimate of drug-likeness (QED) is 0.580. The lowest BCUT2D eigenvalue weighted by molar-refractivity contribution is -0.136. The van der Waals surface area contributed by atoms with E-state index in [0.717, 1.165) is 42.3 Å². The zero-order valence-corrected chi connectivity index (χ0v) is 18.8. The van der Waals surface area contributed by atoms with Crippen molar-refractivity contribution < 1.29 is 9.59 Å². The van der Waals surface area contributed by atoms with Gasteiger partial charge in [0.25, 0.3) is 0 Å². The third-order valence-corrected chi connectivity index (χ3v) is 7.33. The van der Waals surface area contributed by atoms with Crippen LogP contribution in [0.1, 0.15) is 41.6 Å². The van der Waals surface area contributed by atoms with Gasteiger partial charge in [0.05, 0.1) is 24.7 Å². The lowest BCUT2D eigenvalue weighted by Gasteiger charge is -2.33. The number of amides is 2. The van der Waals surface area contributed by atoms with E-state index in [1.807, 2.05) is 64.1 Å². The van der Waals surface area contributed by atoms with Gasteiger partial charge < -0.3 is 14.4 Å². The molecule has 2 amide bonds. The van der Waals surface area contributed by atoms with Crippen molar-refractivity contribution in [2.24, 2.45) is 5.92 Å². The van der Waals surface area contributed by atoms with E-state index in [-0.39, 0.29) is 17.7 Å². The Morgan fingerprint density at radius 3 is 2.69 bits per heavy atom. The third-order valence-electron chi connectivity index (χ3n) is 6.47. The summed E-state index contributed by atoms with van der Waals surface area (Å²) in [6, 6.07) is 9.98. The minimum absolute atomic E-state index is 0.0863. The number of piperidine rings is 1. The zero-order valence-electron chi connectivity index (χ0n) is 18.0. The number of pyridine rings is 1. The number of rotatable bonds is 6. The van der Waals surface area contributed by atoms with E-state index >= 15 is 0 Å². The summed E-state index contributed by atoms with van der Waals surface area (Å²) >= 11 is 1.65. The molecule has 0 bridgehead atoms.